The fourth-order valence-electron chi connectivity index (χ4n) is 2.62. The van der Waals surface area contributed by atoms with Gasteiger partial charge < -0.3 is 11.1 Å². The van der Waals surface area contributed by atoms with E-state index in [0.29, 0.717) is 16.3 Å². The van der Waals surface area contributed by atoms with Crippen molar-refractivity contribution in [3.63, 3.8) is 0 Å². The molecule has 1 amide bonds. The number of nitrogens with two attached hydrogens (primary N) is 1. The fourth-order valence-corrected chi connectivity index (χ4v) is 4.20. The van der Waals surface area contributed by atoms with Crippen molar-refractivity contribution in [1.29, 1.82) is 10.5 Å². The minimum absolute atomic E-state index is 0.0477. The predicted molar refractivity (Wildman–Crippen MR) is 112 cm³/mol. The summed E-state index contributed by atoms with van der Waals surface area (Å²) < 4.78 is 0. The number of carbonyl (C=O) groups excluding carboxylic acids is 1. The molecule has 138 valence electrons. The zero-order valence-corrected chi connectivity index (χ0v) is 16.5. The first kappa shape index (κ1) is 19.4. The number of carbonyl (C=O) groups is 1. The maximum absolute atomic E-state index is 12.3. The highest BCUT2D eigenvalue weighted by molar-refractivity contribution is 8.00. The van der Waals surface area contributed by atoms with Crippen molar-refractivity contribution in [2.45, 2.75) is 11.9 Å². The molecule has 2 aromatic heterocycles. The topological polar surface area (TPSA) is 116 Å². The molecule has 1 aromatic carbocycles. The Kier molecular flexibility index (Phi) is 5.95. The summed E-state index contributed by atoms with van der Waals surface area (Å²) in [4.78, 5) is 17.3. The maximum atomic E-state index is 12.3. The number of anilines is 2. The fraction of sp³-hybridized carbons (Fsp3) is 0.100. The number of nitrogen functional groups attached to an aromatic ring is 1. The molecule has 3 N–H and O–H groups in total. The second-order valence-corrected chi connectivity index (χ2v) is 7.75. The highest BCUT2D eigenvalue weighted by Gasteiger charge is 2.21. The van der Waals surface area contributed by atoms with Gasteiger partial charge in [0.15, 0.2) is 0 Å². The second-order valence-electron chi connectivity index (χ2n) is 5.83. The Bertz CT molecular complexity index is 1110. The van der Waals surface area contributed by atoms with Gasteiger partial charge in [-0.25, -0.2) is 4.98 Å². The molecule has 3 rings (SSSR count). The van der Waals surface area contributed by atoms with Crippen LogP contribution in [-0.4, -0.2) is 16.6 Å². The minimum Gasteiger partial charge on any atom is -0.383 e. The molecule has 6 nitrogen and oxygen atoms in total. The summed E-state index contributed by atoms with van der Waals surface area (Å²) in [6, 6.07) is 15.3. The number of pyridine rings is 1. The SMILES string of the molecule is Cc1cccc(NC(=O)CSc2nc(N)c(C#N)c(-c3cccs3)c2C#N)c1. The van der Waals surface area contributed by atoms with Crippen LogP contribution in [0.4, 0.5) is 11.5 Å². The number of rotatable bonds is 5. The lowest BCUT2D eigenvalue weighted by Crippen LogP contribution is -2.14. The summed E-state index contributed by atoms with van der Waals surface area (Å²) in [6.45, 7) is 1.94. The third kappa shape index (κ3) is 4.15. The lowest BCUT2D eigenvalue weighted by molar-refractivity contribution is -0.113. The number of benzene rings is 1. The Morgan fingerprint density at radius 1 is 1.25 bits per heavy atom. The van der Waals surface area contributed by atoms with E-state index in [4.69, 9.17) is 5.73 Å². The molecule has 0 saturated carbocycles. The highest BCUT2D eigenvalue weighted by atomic mass is 32.2. The number of nitrogens with one attached hydrogen (secondary N) is 1. The van der Waals surface area contributed by atoms with Gasteiger partial charge in [-0.1, -0.05) is 30.0 Å². The van der Waals surface area contributed by atoms with Crippen molar-refractivity contribution in [3.05, 3.63) is 58.5 Å². The number of nitrogens with zero attached hydrogens (tertiary/aromatic N) is 3. The quantitative estimate of drug-likeness (QED) is 0.615. The minimum atomic E-state index is -0.220. The third-order valence-electron chi connectivity index (χ3n) is 3.82. The van der Waals surface area contributed by atoms with Crippen LogP contribution in [0.2, 0.25) is 0 Å². The Hall–Kier alpha value is -3.33. The van der Waals surface area contributed by atoms with Gasteiger partial charge in [0.25, 0.3) is 0 Å². The average molecular weight is 406 g/mol. The van der Waals surface area contributed by atoms with Crippen LogP contribution in [0, 0.1) is 29.6 Å². The van der Waals surface area contributed by atoms with E-state index in [1.54, 1.807) is 0 Å². The smallest absolute Gasteiger partial charge is 0.234 e. The van der Waals surface area contributed by atoms with Crippen LogP contribution in [0.25, 0.3) is 10.4 Å². The van der Waals surface area contributed by atoms with Crippen molar-refractivity contribution in [2.75, 3.05) is 16.8 Å². The van der Waals surface area contributed by atoms with Crippen LogP contribution < -0.4 is 11.1 Å². The molecule has 0 fully saturated rings. The van der Waals surface area contributed by atoms with E-state index < -0.39 is 0 Å². The van der Waals surface area contributed by atoms with Gasteiger partial charge in [0.1, 0.15) is 28.5 Å². The summed E-state index contributed by atoms with van der Waals surface area (Å²) in [5.41, 5.74) is 8.60. The van der Waals surface area contributed by atoms with E-state index in [1.807, 2.05) is 54.8 Å². The first-order valence-electron chi connectivity index (χ1n) is 8.20. The molecule has 0 bridgehead atoms. The van der Waals surface area contributed by atoms with Gasteiger partial charge in [-0.3, -0.25) is 4.79 Å². The first-order valence-corrected chi connectivity index (χ1v) is 10.1. The number of thioether (sulfide) groups is 1. The zero-order valence-electron chi connectivity index (χ0n) is 14.9. The van der Waals surface area contributed by atoms with E-state index in [-0.39, 0.29) is 28.6 Å². The molecule has 28 heavy (non-hydrogen) atoms. The summed E-state index contributed by atoms with van der Waals surface area (Å²) in [6.07, 6.45) is 0. The predicted octanol–water partition coefficient (Wildman–Crippen LogP) is 4.17. The zero-order chi connectivity index (χ0) is 20.1. The number of nitriles is 2. The molecule has 0 unspecified atom stereocenters. The Labute approximate surface area is 170 Å². The normalized spacial score (nSPS) is 10.1. The molecule has 8 heteroatoms. The van der Waals surface area contributed by atoms with Gasteiger partial charge >= 0.3 is 0 Å². The molecule has 3 aromatic rings. The van der Waals surface area contributed by atoms with Crippen molar-refractivity contribution in [3.8, 4) is 22.6 Å². The molecular formula is C20H15N5OS2. The molecular weight excluding hydrogens is 390 g/mol. The average Bonchev–Trinajstić information content (AvgIpc) is 3.20. The van der Waals surface area contributed by atoms with Gasteiger partial charge in [-0.2, -0.15) is 10.5 Å². The number of thiophene rings is 1. The second kappa shape index (κ2) is 8.57. The summed E-state index contributed by atoms with van der Waals surface area (Å²) >= 11 is 2.52. The first-order chi connectivity index (χ1) is 13.5. The monoisotopic (exact) mass is 405 g/mol. The largest absolute Gasteiger partial charge is 0.383 e. The lowest BCUT2D eigenvalue weighted by Gasteiger charge is -2.11. The standard InChI is InChI=1S/C20H15N5OS2/c1-12-4-2-5-13(8-12)24-17(26)11-28-20-15(10-22)18(16-6-3-7-27-16)14(9-21)19(23)25-20/h2-8H,11H2,1H3,(H2,23,25)(H,24,26). The van der Waals surface area contributed by atoms with Crippen molar-refractivity contribution in [1.82, 2.24) is 4.98 Å². The molecule has 2 heterocycles. The van der Waals surface area contributed by atoms with Crippen molar-refractivity contribution < 1.29 is 4.79 Å². The van der Waals surface area contributed by atoms with E-state index in [9.17, 15) is 15.3 Å². The van der Waals surface area contributed by atoms with Gasteiger partial charge in [0.2, 0.25) is 5.91 Å². The van der Waals surface area contributed by atoms with Crippen LogP contribution in [-0.2, 0) is 4.79 Å². The number of hydrogen-bond acceptors (Lipinski definition) is 7. The maximum Gasteiger partial charge on any atom is 0.234 e. The molecule has 0 saturated heterocycles. The molecule has 0 aliphatic carbocycles. The van der Waals surface area contributed by atoms with Crippen LogP contribution in [0.1, 0.15) is 16.7 Å². The van der Waals surface area contributed by atoms with Crippen LogP contribution in [0.15, 0.2) is 46.8 Å². The van der Waals surface area contributed by atoms with Gasteiger partial charge in [0, 0.05) is 16.1 Å². The third-order valence-corrected chi connectivity index (χ3v) is 5.69. The number of aryl methyl sites for hydroxylation is 1. The summed E-state index contributed by atoms with van der Waals surface area (Å²) in [5.74, 6) is -0.112. The van der Waals surface area contributed by atoms with Gasteiger partial charge in [-0.15, -0.1) is 11.3 Å². The van der Waals surface area contributed by atoms with Gasteiger partial charge in [0.05, 0.1) is 11.3 Å². The van der Waals surface area contributed by atoms with Gasteiger partial charge in [-0.05, 0) is 36.1 Å². The lowest BCUT2D eigenvalue weighted by atomic mass is 10.0. The summed E-state index contributed by atoms with van der Waals surface area (Å²) in [7, 11) is 0. The molecule has 0 atom stereocenters. The van der Waals surface area contributed by atoms with E-state index in [2.05, 4.69) is 16.4 Å². The Morgan fingerprint density at radius 3 is 2.68 bits per heavy atom. The summed E-state index contributed by atoms with van der Waals surface area (Å²) in [5, 5.41) is 24.2. The van der Waals surface area contributed by atoms with E-state index >= 15 is 0 Å². The Morgan fingerprint density at radius 2 is 2.04 bits per heavy atom. The highest BCUT2D eigenvalue weighted by Crippen LogP contribution is 2.37. The molecule has 0 aliphatic heterocycles. The van der Waals surface area contributed by atoms with Crippen LogP contribution in [0.5, 0.6) is 0 Å². The molecule has 0 spiro atoms. The number of amides is 1. The van der Waals surface area contributed by atoms with Crippen molar-refractivity contribution in [2.24, 2.45) is 0 Å². The Balaban J connectivity index is 1.87. The van der Waals surface area contributed by atoms with Crippen molar-refractivity contribution >= 4 is 40.5 Å². The number of hydrogen-bond donors (Lipinski definition) is 2. The number of aromatic nitrogens is 1. The van der Waals surface area contributed by atoms with Crippen LogP contribution >= 0.6 is 23.1 Å². The van der Waals surface area contributed by atoms with E-state index in [1.165, 1.54) is 11.3 Å². The molecule has 0 aliphatic rings. The van der Waals surface area contributed by atoms with E-state index in [0.717, 1.165) is 22.2 Å². The molecule has 0 radical (unpaired) electrons. The van der Waals surface area contributed by atoms with Crippen LogP contribution in [0.3, 0.4) is 0 Å².